The number of amides is 1. The number of carbonyl (C=O) groups excluding carboxylic acids is 2. The van der Waals surface area contributed by atoms with E-state index < -0.39 is 0 Å². The average molecular weight is 403 g/mol. The molecule has 1 N–H and O–H groups in total. The summed E-state index contributed by atoms with van der Waals surface area (Å²) in [6.45, 7) is 0.799. The van der Waals surface area contributed by atoms with E-state index in [1.807, 2.05) is 60.7 Å². The molecule has 5 heteroatoms. The average Bonchev–Trinajstić information content (AvgIpc) is 2.79. The quantitative estimate of drug-likeness (QED) is 0.495. The van der Waals surface area contributed by atoms with Gasteiger partial charge in [0, 0.05) is 18.5 Å². The molecule has 0 aliphatic carbocycles. The van der Waals surface area contributed by atoms with Crippen LogP contribution in [0.2, 0.25) is 0 Å². The van der Waals surface area contributed by atoms with Gasteiger partial charge in [0.25, 0.3) is 0 Å². The third-order valence-electron chi connectivity index (χ3n) is 4.44. The first-order chi connectivity index (χ1) is 14.7. The fourth-order valence-electron chi connectivity index (χ4n) is 2.81. The second kappa shape index (κ2) is 11.4. The molecule has 0 saturated carbocycles. The van der Waals surface area contributed by atoms with E-state index in [0.29, 0.717) is 25.3 Å². The predicted octanol–water partition coefficient (Wildman–Crippen LogP) is 4.77. The van der Waals surface area contributed by atoms with Crippen LogP contribution in [0.3, 0.4) is 0 Å². The first-order valence-corrected chi connectivity index (χ1v) is 9.95. The van der Waals surface area contributed by atoms with Gasteiger partial charge < -0.3 is 14.8 Å². The van der Waals surface area contributed by atoms with Gasteiger partial charge in [-0.1, -0.05) is 60.7 Å². The second-order valence-electron chi connectivity index (χ2n) is 6.80. The number of esters is 1. The van der Waals surface area contributed by atoms with E-state index in [2.05, 4.69) is 5.32 Å². The molecular formula is C25H25NO4. The lowest BCUT2D eigenvalue weighted by atomic mass is 10.2. The zero-order chi connectivity index (χ0) is 21.0. The van der Waals surface area contributed by atoms with Gasteiger partial charge in [-0.3, -0.25) is 9.59 Å². The molecule has 0 unspecified atom stereocenters. The molecule has 0 bridgehead atoms. The maximum Gasteiger partial charge on any atom is 0.306 e. The molecule has 154 valence electrons. The van der Waals surface area contributed by atoms with Crippen LogP contribution in [0.1, 0.15) is 24.0 Å². The maximum atomic E-state index is 12.1. The molecule has 3 aromatic rings. The van der Waals surface area contributed by atoms with Crippen LogP contribution >= 0.6 is 0 Å². The molecule has 0 aliphatic rings. The van der Waals surface area contributed by atoms with Crippen molar-refractivity contribution >= 4 is 17.6 Å². The zero-order valence-electron chi connectivity index (χ0n) is 16.8. The van der Waals surface area contributed by atoms with Crippen molar-refractivity contribution in [1.82, 2.24) is 0 Å². The van der Waals surface area contributed by atoms with Crippen molar-refractivity contribution in [2.45, 2.75) is 25.9 Å². The Morgan fingerprint density at radius 3 is 2.03 bits per heavy atom. The van der Waals surface area contributed by atoms with Crippen LogP contribution in [-0.4, -0.2) is 18.5 Å². The van der Waals surface area contributed by atoms with Gasteiger partial charge in [-0.25, -0.2) is 0 Å². The second-order valence-corrected chi connectivity index (χ2v) is 6.80. The van der Waals surface area contributed by atoms with E-state index in [0.717, 1.165) is 16.9 Å². The summed E-state index contributed by atoms with van der Waals surface area (Å²) in [5.41, 5.74) is 2.86. The molecule has 0 radical (unpaired) electrons. The van der Waals surface area contributed by atoms with Gasteiger partial charge in [0.05, 0.1) is 13.0 Å². The maximum absolute atomic E-state index is 12.1. The Bertz CT molecular complexity index is 924. The monoisotopic (exact) mass is 403 g/mol. The lowest BCUT2D eigenvalue weighted by Crippen LogP contribution is -2.15. The highest BCUT2D eigenvalue weighted by Crippen LogP contribution is 2.17. The van der Waals surface area contributed by atoms with Gasteiger partial charge in [-0.15, -0.1) is 0 Å². The van der Waals surface area contributed by atoms with E-state index >= 15 is 0 Å². The lowest BCUT2D eigenvalue weighted by molar-refractivity contribution is -0.144. The van der Waals surface area contributed by atoms with E-state index in [1.165, 1.54) is 0 Å². The summed E-state index contributed by atoms with van der Waals surface area (Å²) >= 11 is 0. The lowest BCUT2D eigenvalue weighted by Gasteiger charge is -2.09. The van der Waals surface area contributed by atoms with Gasteiger partial charge in [-0.05, 0) is 35.4 Å². The van der Waals surface area contributed by atoms with Crippen molar-refractivity contribution in [3.8, 4) is 5.75 Å². The Morgan fingerprint density at radius 1 is 0.733 bits per heavy atom. The van der Waals surface area contributed by atoms with E-state index in [-0.39, 0.29) is 24.7 Å². The Hall–Kier alpha value is -3.60. The Labute approximate surface area is 176 Å². The van der Waals surface area contributed by atoms with Crippen LogP contribution in [0, 0.1) is 0 Å². The van der Waals surface area contributed by atoms with E-state index in [9.17, 15) is 9.59 Å². The number of hydrogen-bond acceptors (Lipinski definition) is 4. The molecule has 0 spiro atoms. The molecule has 3 aromatic carbocycles. The highest BCUT2D eigenvalue weighted by molar-refractivity contribution is 5.92. The summed E-state index contributed by atoms with van der Waals surface area (Å²) in [5.74, 6) is 0.123. The van der Waals surface area contributed by atoms with Crippen LogP contribution in [-0.2, 0) is 27.4 Å². The minimum absolute atomic E-state index is 0.0545. The first kappa shape index (κ1) is 21.1. The van der Waals surface area contributed by atoms with Gasteiger partial charge >= 0.3 is 5.97 Å². The van der Waals surface area contributed by atoms with Crippen molar-refractivity contribution in [3.63, 3.8) is 0 Å². The molecule has 0 fully saturated rings. The third-order valence-corrected chi connectivity index (χ3v) is 4.44. The zero-order valence-corrected chi connectivity index (χ0v) is 16.8. The summed E-state index contributed by atoms with van der Waals surface area (Å²) < 4.78 is 10.9. The molecule has 0 atom stereocenters. The topological polar surface area (TPSA) is 64.6 Å². The largest absolute Gasteiger partial charge is 0.489 e. The molecule has 0 aliphatic heterocycles. The minimum Gasteiger partial charge on any atom is -0.489 e. The van der Waals surface area contributed by atoms with Crippen LogP contribution in [0.4, 0.5) is 5.69 Å². The van der Waals surface area contributed by atoms with Crippen molar-refractivity contribution in [3.05, 3.63) is 96.1 Å². The van der Waals surface area contributed by atoms with Crippen molar-refractivity contribution in [2.24, 2.45) is 0 Å². The van der Waals surface area contributed by atoms with Gasteiger partial charge in [-0.2, -0.15) is 0 Å². The highest BCUT2D eigenvalue weighted by Gasteiger charge is 2.09. The van der Waals surface area contributed by atoms with E-state index in [4.69, 9.17) is 9.47 Å². The molecule has 0 heterocycles. The highest BCUT2D eigenvalue weighted by atomic mass is 16.5. The summed E-state index contributed by atoms with van der Waals surface area (Å²) in [5, 5.41) is 2.78. The van der Waals surface area contributed by atoms with Crippen LogP contribution in [0.5, 0.6) is 5.75 Å². The summed E-state index contributed by atoms with van der Waals surface area (Å²) in [6, 6.07) is 26.9. The Morgan fingerprint density at radius 2 is 1.37 bits per heavy atom. The van der Waals surface area contributed by atoms with E-state index in [1.54, 1.807) is 24.3 Å². The van der Waals surface area contributed by atoms with Gasteiger partial charge in [0.15, 0.2) is 0 Å². The molecule has 0 aromatic heterocycles. The fourth-order valence-corrected chi connectivity index (χ4v) is 2.81. The molecule has 0 saturated heterocycles. The van der Waals surface area contributed by atoms with Crippen molar-refractivity contribution in [2.75, 3.05) is 11.9 Å². The molecular weight excluding hydrogens is 378 g/mol. The molecule has 5 nitrogen and oxygen atoms in total. The van der Waals surface area contributed by atoms with Crippen molar-refractivity contribution < 1.29 is 19.1 Å². The normalized spacial score (nSPS) is 10.3. The fraction of sp³-hybridized carbons (Fsp3) is 0.200. The summed E-state index contributed by atoms with van der Waals surface area (Å²) in [6.07, 6.45) is 0.798. The predicted molar refractivity (Wildman–Crippen MR) is 116 cm³/mol. The van der Waals surface area contributed by atoms with Crippen LogP contribution in [0.25, 0.3) is 0 Å². The van der Waals surface area contributed by atoms with Crippen molar-refractivity contribution in [1.29, 1.82) is 0 Å². The number of nitrogens with one attached hydrogen (secondary N) is 1. The standard InChI is InChI=1S/C25H25NO4/c27-24(15-16-25(28)29-18-17-20-7-3-1-4-8-20)26-22-11-13-23(14-12-22)30-19-21-9-5-2-6-10-21/h1-14H,15-19H2,(H,26,27). The number of benzene rings is 3. The SMILES string of the molecule is O=C(CCC(=O)OCCc1ccccc1)Nc1ccc(OCc2ccccc2)cc1. The smallest absolute Gasteiger partial charge is 0.306 e. The Kier molecular flexibility index (Phi) is 8.03. The number of ether oxygens (including phenoxy) is 2. The minimum atomic E-state index is -0.370. The van der Waals surface area contributed by atoms with Crippen LogP contribution < -0.4 is 10.1 Å². The number of rotatable bonds is 10. The Balaban J connectivity index is 1.33. The first-order valence-electron chi connectivity index (χ1n) is 9.95. The molecule has 30 heavy (non-hydrogen) atoms. The number of anilines is 1. The van der Waals surface area contributed by atoms with Crippen LogP contribution in [0.15, 0.2) is 84.9 Å². The summed E-state index contributed by atoms with van der Waals surface area (Å²) in [4.78, 5) is 23.9. The third kappa shape index (κ3) is 7.43. The molecule has 1 amide bonds. The van der Waals surface area contributed by atoms with Gasteiger partial charge in [0.2, 0.25) is 5.91 Å². The molecule has 3 rings (SSSR count). The number of carbonyl (C=O) groups is 2. The number of hydrogen-bond donors (Lipinski definition) is 1. The van der Waals surface area contributed by atoms with Gasteiger partial charge in [0.1, 0.15) is 12.4 Å². The summed E-state index contributed by atoms with van der Waals surface area (Å²) in [7, 11) is 0.